The molecule has 0 aliphatic heterocycles. The minimum absolute atomic E-state index is 0.0950. The van der Waals surface area contributed by atoms with Crippen molar-refractivity contribution in [3.63, 3.8) is 0 Å². The smallest absolute Gasteiger partial charge is 0.276 e. The number of halogens is 1. The highest BCUT2D eigenvalue weighted by Gasteiger charge is 2.03. The molecule has 2 aromatic rings. The minimum Gasteiger partial charge on any atom is -0.289 e. The summed E-state index contributed by atoms with van der Waals surface area (Å²) in [6.07, 6.45) is 4.88. The Balaban J connectivity index is 2.17. The van der Waals surface area contributed by atoms with Gasteiger partial charge in [-0.3, -0.25) is 10.5 Å². The van der Waals surface area contributed by atoms with Crippen molar-refractivity contribution in [1.82, 2.24) is 0 Å². The summed E-state index contributed by atoms with van der Waals surface area (Å²) >= 11 is 5.76. The second-order valence-corrected chi connectivity index (χ2v) is 4.16. The molecule has 0 saturated carbocycles. The number of benzene rings is 1. The number of aromatic nitrogens is 1. The van der Waals surface area contributed by atoms with E-state index in [0.717, 1.165) is 0 Å². The molecule has 0 bridgehead atoms. The first-order chi connectivity index (χ1) is 8.66. The van der Waals surface area contributed by atoms with E-state index >= 15 is 0 Å². The second kappa shape index (κ2) is 5.47. The quantitative estimate of drug-likeness (QED) is 0.523. The van der Waals surface area contributed by atoms with Crippen LogP contribution < -0.4 is 10.3 Å². The van der Waals surface area contributed by atoms with Gasteiger partial charge >= 0.3 is 0 Å². The molecule has 0 unspecified atom stereocenters. The molecule has 0 amide bonds. The van der Waals surface area contributed by atoms with Gasteiger partial charge in [0, 0.05) is 22.7 Å². The Kier molecular flexibility index (Phi) is 3.75. The maximum Gasteiger partial charge on any atom is 0.276 e. The van der Waals surface area contributed by atoms with Gasteiger partial charge in [0.25, 0.3) is 5.82 Å². The number of anilines is 1. The van der Waals surface area contributed by atoms with Crippen molar-refractivity contribution in [2.45, 2.75) is 0 Å². The van der Waals surface area contributed by atoms with Crippen LogP contribution in [-0.4, -0.2) is 5.78 Å². The Hall–Kier alpha value is -2.13. The highest BCUT2D eigenvalue weighted by Crippen LogP contribution is 2.10. The largest absolute Gasteiger partial charge is 0.289 e. The molecular formula is C14H12ClN2O+. The number of nitrogens with zero attached hydrogens (tertiary/aromatic N) is 1. The van der Waals surface area contributed by atoms with Gasteiger partial charge in [-0.1, -0.05) is 17.7 Å². The zero-order chi connectivity index (χ0) is 13.0. The maximum absolute atomic E-state index is 11.9. The monoisotopic (exact) mass is 259 g/mol. The maximum atomic E-state index is 11.9. The number of ketones is 1. The van der Waals surface area contributed by atoms with Gasteiger partial charge in [-0.15, -0.1) is 0 Å². The average molecular weight is 260 g/mol. The summed E-state index contributed by atoms with van der Waals surface area (Å²) in [6, 6.07) is 12.2. The number of nitrogen functional groups attached to an aromatic ring is 1. The third-order valence-electron chi connectivity index (χ3n) is 2.44. The normalized spacial score (nSPS) is 10.7. The first-order valence-electron chi connectivity index (χ1n) is 5.40. The van der Waals surface area contributed by atoms with Crippen molar-refractivity contribution in [3.05, 3.63) is 65.3 Å². The highest BCUT2D eigenvalue weighted by molar-refractivity contribution is 6.30. The average Bonchev–Trinajstić information content (AvgIpc) is 2.38. The van der Waals surface area contributed by atoms with Crippen LogP contribution in [0.3, 0.4) is 0 Å². The molecule has 1 aromatic carbocycles. The van der Waals surface area contributed by atoms with E-state index in [1.54, 1.807) is 47.3 Å². The zero-order valence-electron chi connectivity index (χ0n) is 9.58. The van der Waals surface area contributed by atoms with E-state index < -0.39 is 0 Å². The topological polar surface area (TPSA) is 47.0 Å². The predicted octanol–water partition coefficient (Wildman–Crippen LogP) is 2.56. The van der Waals surface area contributed by atoms with Gasteiger partial charge in [-0.2, -0.15) is 0 Å². The third-order valence-corrected chi connectivity index (χ3v) is 2.69. The molecule has 4 heteroatoms. The molecule has 3 nitrogen and oxygen atoms in total. The molecule has 18 heavy (non-hydrogen) atoms. The van der Waals surface area contributed by atoms with Crippen LogP contribution in [-0.2, 0) is 0 Å². The molecule has 0 aliphatic carbocycles. The molecule has 0 fully saturated rings. The van der Waals surface area contributed by atoms with Crippen LogP contribution in [0.25, 0.3) is 6.20 Å². The Morgan fingerprint density at radius 3 is 2.56 bits per heavy atom. The van der Waals surface area contributed by atoms with Gasteiger partial charge in [0.1, 0.15) is 0 Å². The molecule has 0 atom stereocenters. The second-order valence-electron chi connectivity index (χ2n) is 3.72. The third kappa shape index (κ3) is 2.96. The number of pyridine rings is 1. The molecule has 1 heterocycles. The lowest BCUT2D eigenvalue weighted by atomic mass is 10.1. The number of rotatable bonds is 3. The van der Waals surface area contributed by atoms with E-state index in [4.69, 9.17) is 17.3 Å². The van der Waals surface area contributed by atoms with Gasteiger partial charge < -0.3 is 0 Å². The van der Waals surface area contributed by atoms with Crippen LogP contribution in [0.4, 0.5) is 5.82 Å². The first kappa shape index (κ1) is 12.3. The fourth-order valence-corrected chi connectivity index (χ4v) is 1.59. The summed E-state index contributed by atoms with van der Waals surface area (Å²) in [6.45, 7) is 0. The number of carbonyl (C=O) groups is 1. The molecule has 2 N–H and O–H groups in total. The van der Waals surface area contributed by atoms with Crippen LogP contribution in [0.5, 0.6) is 0 Å². The van der Waals surface area contributed by atoms with E-state index in [0.29, 0.717) is 16.4 Å². The highest BCUT2D eigenvalue weighted by atomic mass is 35.5. The lowest BCUT2D eigenvalue weighted by molar-refractivity contribution is -0.552. The first-order valence-corrected chi connectivity index (χ1v) is 5.78. The van der Waals surface area contributed by atoms with Crippen molar-refractivity contribution in [2.75, 3.05) is 5.73 Å². The van der Waals surface area contributed by atoms with Crippen molar-refractivity contribution in [2.24, 2.45) is 0 Å². The van der Waals surface area contributed by atoms with E-state index in [1.165, 1.54) is 6.08 Å². The molecule has 90 valence electrons. The van der Waals surface area contributed by atoms with Gasteiger partial charge in [0.2, 0.25) is 0 Å². The molecule has 0 radical (unpaired) electrons. The van der Waals surface area contributed by atoms with Gasteiger partial charge in [0.05, 0.1) is 12.4 Å². The SMILES string of the molecule is Nc1cccc[n+]1C=CC(=O)c1ccc(Cl)cc1. The number of allylic oxidation sites excluding steroid dienone is 1. The summed E-state index contributed by atoms with van der Waals surface area (Å²) in [5.41, 5.74) is 6.34. The molecular weight excluding hydrogens is 248 g/mol. The summed E-state index contributed by atoms with van der Waals surface area (Å²) < 4.78 is 1.67. The number of nitrogens with two attached hydrogens (primary N) is 1. The molecule has 0 aliphatic rings. The standard InChI is InChI=1S/C14H11ClN2O/c15-12-6-4-11(5-7-12)13(18)8-10-17-9-2-1-3-14(17)16/h1-10,16H/p+1. The zero-order valence-corrected chi connectivity index (χ0v) is 10.3. The van der Waals surface area contributed by atoms with Crippen LogP contribution in [0.2, 0.25) is 5.02 Å². The fourth-order valence-electron chi connectivity index (χ4n) is 1.46. The Labute approximate surface area is 110 Å². The van der Waals surface area contributed by atoms with Crippen LogP contribution in [0.15, 0.2) is 54.7 Å². The summed E-state index contributed by atoms with van der Waals surface area (Å²) in [5, 5.41) is 0.609. The van der Waals surface area contributed by atoms with Crippen LogP contribution in [0.1, 0.15) is 10.4 Å². The lowest BCUT2D eigenvalue weighted by Crippen LogP contribution is -2.29. The van der Waals surface area contributed by atoms with Crippen molar-refractivity contribution in [1.29, 1.82) is 0 Å². The number of hydrogen-bond donors (Lipinski definition) is 1. The van der Waals surface area contributed by atoms with Gasteiger partial charge in [-0.25, -0.2) is 4.57 Å². The Morgan fingerprint density at radius 2 is 1.89 bits per heavy atom. The summed E-state index contributed by atoms with van der Waals surface area (Å²) in [4.78, 5) is 11.9. The summed E-state index contributed by atoms with van der Waals surface area (Å²) in [5.74, 6) is 0.472. The Morgan fingerprint density at radius 1 is 1.17 bits per heavy atom. The fraction of sp³-hybridized carbons (Fsp3) is 0. The van der Waals surface area contributed by atoms with E-state index in [1.807, 2.05) is 12.1 Å². The number of hydrogen-bond acceptors (Lipinski definition) is 2. The van der Waals surface area contributed by atoms with E-state index in [2.05, 4.69) is 0 Å². The van der Waals surface area contributed by atoms with Crippen molar-refractivity contribution >= 4 is 29.4 Å². The Bertz CT molecular complexity index is 591. The van der Waals surface area contributed by atoms with Gasteiger partial charge in [0.15, 0.2) is 5.78 Å². The van der Waals surface area contributed by atoms with E-state index in [-0.39, 0.29) is 5.78 Å². The lowest BCUT2D eigenvalue weighted by Gasteiger charge is -1.96. The molecule has 1 aromatic heterocycles. The van der Waals surface area contributed by atoms with E-state index in [9.17, 15) is 4.79 Å². The predicted molar refractivity (Wildman–Crippen MR) is 72.2 cm³/mol. The molecule has 2 rings (SSSR count). The number of carbonyl (C=O) groups excluding carboxylic acids is 1. The molecule has 0 saturated heterocycles. The minimum atomic E-state index is -0.0950. The summed E-state index contributed by atoms with van der Waals surface area (Å²) in [7, 11) is 0. The van der Waals surface area contributed by atoms with Crippen LogP contribution in [0, 0.1) is 0 Å². The van der Waals surface area contributed by atoms with Crippen molar-refractivity contribution < 1.29 is 9.36 Å². The van der Waals surface area contributed by atoms with Crippen LogP contribution >= 0.6 is 11.6 Å². The van der Waals surface area contributed by atoms with Gasteiger partial charge in [-0.05, 0) is 30.3 Å². The molecule has 0 spiro atoms. The van der Waals surface area contributed by atoms with Crippen molar-refractivity contribution in [3.8, 4) is 0 Å².